The first-order chi connectivity index (χ1) is 16.9. The number of fused-ring (bicyclic) bond motifs is 3. The SMILES string of the molecule is CC1(C(=O)O)CCCC1NC(=O)[C@@H]1CCC[C@@H]1NC(=O)OCC1c2ccccc2-c2ccccc21. The van der Waals surface area contributed by atoms with Gasteiger partial charge in [-0.05, 0) is 54.9 Å². The first-order valence-electron chi connectivity index (χ1n) is 12.5. The van der Waals surface area contributed by atoms with Crippen molar-refractivity contribution in [3.05, 3.63) is 59.7 Å². The van der Waals surface area contributed by atoms with Crippen LogP contribution >= 0.6 is 0 Å². The molecule has 3 aliphatic rings. The molecule has 0 bridgehead atoms. The lowest BCUT2D eigenvalue weighted by molar-refractivity contribution is -0.149. The van der Waals surface area contributed by atoms with Gasteiger partial charge in [-0.3, -0.25) is 9.59 Å². The number of carbonyl (C=O) groups is 3. The average Bonchev–Trinajstić information content (AvgIpc) is 3.55. The van der Waals surface area contributed by atoms with E-state index in [4.69, 9.17) is 4.74 Å². The molecular weight excluding hydrogens is 444 g/mol. The number of carboxylic acid groups (broad SMARTS) is 1. The third kappa shape index (κ3) is 4.28. The van der Waals surface area contributed by atoms with Gasteiger partial charge in [-0.1, -0.05) is 61.4 Å². The van der Waals surface area contributed by atoms with E-state index in [9.17, 15) is 19.5 Å². The molecule has 2 unspecified atom stereocenters. The molecule has 4 atom stereocenters. The van der Waals surface area contributed by atoms with E-state index in [1.165, 1.54) is 11.1 Å². The van der Waals surface area contributed by atoms with E-state index < -0.39 is 17.5 Å². The number of carboxylic acids is 1. The molecular formula is C28H32N2O5. The fourth-order valence-corrected chi connectivity index (χ4v) is 6.17. The summed E-state index contributed by atoms with van der Waals surface area (Å²) in [4.78, 5) is 37.5. The topological polar surface area (TPSA) is 105 Å². The number of ether oxygens (including phenoxy) is 1. The number of hydrogen-bond donors (Lipinski definition) is 3. The molecule has 0 saturated heterocycles. The van der Waals surface area contributed by atoms with Gasteiger partial charge in [-0.15, -0.1) is 0 Å². The van der Waals surface area contributed by atoms with Crippen molar-refractivity contribution in [2.45, 2.75) is 63.5 Å². The third-order valence-corrected chi connectivity index (χ3v) is 8.26. The lowest BCUT2D eigenvalue weighted by Gasteiger charge is -2.30. The molecule has 3 aliphatic carbocycles. The van der Waals surface area contributed by atoms with E-state index in [2.05, 4.69) is 34.9 Å². The number of aliphatic carboxylic acids is 1. The lowest BCUT2D eigenvalue weighted by Crippen LogP contribution is -2.51. The highest BCUT2D eigenvalue weighted by molar-refractivity contribution is 5.83. The zero-order chi connectivity index (χ0) is 24.6. The lowest BCUT2D eigenvalue weighted by atomic mass is 9.84. The summed E-state index contributed by atoms with van der Waals surface area (Å²) in [5.74, 6) is -1.45. The fraction of sp³-hybridized carbons (Fsp3) is 0.464. The van der Waals surface area contributed by atoms with Gasteiger partial charge in [0.25, 0.3) is 0 Å². The normalized spacial score (nSPS) is 27.2. The molecule has 0 heterocycles. The first-order valence-corrected chi connectivity index (χ1v) is 12.5. The zero-order valence-corrected chi connectivity index (χ0v) is 20.0. The molecule has 2 aromatic rings. The smallest absolute Gasteiger partial charge is 0.407 e. The van der Waals surface area contributed by atoms with E-state index in [1.807, 2.05) is 24.3 Å². The average molecular weight is 477 g/mol. The minimum atomic E-state index is -0.940. The van der Waals surface area contributed by atoms with E-state index >= 15 is 0 Å². The highest BCUT2D eigenvalue weighted by Gasteiger charge is 2.47. The Labute approximate surface area is 205 Å². The number of amides is 2. The second-order valence-corrected chi connectivity index (χ2v) is 10.3. The molecule has 35 heavy (non-hydrogen) atoms. The summed E-state index contributed by atoms with van der Waals surface area (Å²) in [5.41, 5.74) is 3.70. The molecule has 2 fully saturated rings. The van der Waals surface area contributed by atoms with Gasteiger partial charge in [-0.2, -0.15) is 0 Å². The maximum Gasteiger partial charge on any atom is 0.407 e. The van der Waals surface area contributed by atoms with Crippen molar-refractivity contribution >= 4 is 18.0 Å². The summed E-state index contributed by atoms with van der Waals surface area (Å²) in [6.07, 6.45) is 3.66. The van der Waals surface area contributed by atoms with Crippen LogP contribution in [0, 0.1) is 11.3 Å². The quantitative estimate of drug-likeness (QED) is 0.571. The minimum absolute atomic E-state index is 0.0214. The van der Waals surface area contributed by atoms with Crippen LogP contribution in [0.15, 0.2) is 48.5 Å². The van der Waals surface area contributed by atoms with Crippen LogP contribution in [0.4, 0.5) is 4.79 Å². The molecule has 0 aliphatic heterocycles. The standard InChI is InChI=1S/C28H32N2O5/c1-28(26(32)33)15-7-14-24(28)30-25(31)21-12-6-13-23(21)29-27(34)35-16-22-19-10-4-2-8-17(19)18-9-3-5-11-20(18)22/h2-5,8-11,21-24H,6-7,12-16H2,1H3,(H,29,34)(H,30,31)(H,32,33)/t21-,23+,24?,28?/m1/s1. The Balaban J connectivity index is 1.20. The van der Waals surface area contributed by atoms with Crippen molar-refractivity contribution < 1.29 is 24.2 Å². The zero-order valence-electron chi connectivity index (χ0n) is 20.0. The molecule has 5 rings (SSSR count). The summed E-state index contributed by atoms with van der Waals surface area (Å²) in [5, 5.41) is 15.5. The van der Waals surface area contributed by atoms with Gasteiger partial charge in [0.2, 0.25) is 5.91 Å². The Morgan fingerprint density at radius 3 is 2.26 bits per heavy atom. The van der Waals surface area contributed by atoms with Crippen LogP contribution in [0.3, 0.4) is 0 Å². The minimum Gasteiger partial charge on any atom is -0.481 e. The summed E-state index contributed by atoms with van der Waals surface area (Å²) in [7, 11) is 0. The van der Waals surface area contributed by atoms with Gasteiger partial charge in [0.05, 0.1) is 11.3 Å². The monoisotopic (exact) mass is 476 g/mol. The van der Waals surface area contributed by atoms with Gasteiger partial charge < -0.3 is 20.5 Å². The Hall–Kier alpha value is -3.35. The van der Waals surface area contributed by atoms with Crippen LogP contribution in [0.1, 0.15) is 62.5 Å². The molecule has 2 aromatic carbocycles. The molecule has 7 heteroatoms. The van der Waals surface area contributed by atoms with Gasteiger partial charge in [-0.25, -0.2) is 4.79 Å². The van der Waals surface area contributed by atoms with E-state index in [-0.39, 0.29) is 36.4 Å². The summed E-state index contributed by atoms with van der Waals surface area (Å²) in [6.45, 7) is 1.93. The van der Waals surface area contributed by atoms with Crippen LogP contribution in [0.2, 0.25) is 0 Å². The number of nitrogens with one attached hydrogen (secondary N) is 2. The van der Waals surface area contributed by atoms with Gasteiger partial charge >= 0.3 is 12.1 Å². The van der Waals surface area contributed by atoms with Crippen LogP contribution in [0.25, 0.3) is 11.1 Å². The largest absolute Gasteiger partial charge is 0.481 e. The summed E-state index contributed by atoms with van der Waals surface area (Å²) >= 11 is 0. The van der Waals surface area contributed by atoms with Crippen molar-refractivity contribution in [2.24, 2.45) is 11.3 Å². The first kappa shape index (κ1) is 23.4. The van der Waals surface area contributed by atoms with Crippen LogP contribution < -0.4 is 10.6 Å². The van der Waals surface area contributed by atoms with Crippen molar-refractivity contribution in [1.29, 1.82) is 0 Å². The van der Waals surface area contributed by atoms with Gasteiger partial charge in [0.1, 0.15) is 6.61 Å². The molecule has 0 radical (unpaired) electrons. The van der Waals surface area contributed by atoms with Crippen molar-refractivity contribution in [1.82, 2.24) is 10.6 Å². The maximum atomic E-state index is 13.0. The second kappa shape index (κ2) is 9.36. The molecule has 3 N–H and O–H groups in total. The molecule has 2 saturated carbocycles. The van der Waals surface area contributed by atoms with Crippen molar-refractivity contribution in [2.75, 3.05) is 6.61 Å². The third-order valence-electron chi connectivity index (χ3n) is 8.26. The van der Waals surface area contributed by atoms with Crippen molar-refractivity contribution in [3.63, 3.8) is 0 Å². The number of alkyl carbamates (subject to hydrolysis) is 1. The van der Waals surface area contributed by atoms with Crippen LogP contribution in [-0.2, 0) is 14.3 Å². The molecule has 2 amide bonds. The van der Waals surface area contributed by atoms with E-state index in [1.54, 1.807) is 6.92 Å². The van der Waals surface area contributed by atoms with E-state index in [0.29, 0.717) is 25.7 Å². The molecule has 184 valence electrons. The van der Waals surface area contributed by atoms with Crippen LogP contribution in [0.5, 0.6) is 0 Å². The predicted octanol–water partition coefficient (Wildman–Crippen LogP) is 4.45. The number of rotatable bonds is 6. The fourth-order valence-electron chi connectivity index (χ4n) is 6.17. The summed E-state index contributed by atoms with van der Waals surface area (Å²) < 4.78 is 5.67. The maximum absolute atomic E-state index is 13.0. The molecule has 0 spiro atoms. The van der Waals surface area contributed by atoms with Gasteiger partial charge in [0, 0.05) is 18.0 Å². The number of hydrogen-bond acceptors (Lipinski definition) is 4. The second-order valence-electron chi connectivity index (χ2n) is 10.3. The highest BCUT2D eigenvalue weighted by atomic mass is 16.5. The summed E-state index contributed by atoms with van der Waals surface area (Å²) in [6, 6.07) is 15.7. The Kier molecular flexibility index (Phi) is 6.26. The highest BCUT2D eigenvalue weighted by Crippen LogP contribution is 2.44. The van der Waals surface area contributed by atoms with Gasteiger partial charge in [0.15, 0.2) is 0 Å². The Bertz CT molecular complexity index is 1100. The van der Waals surface area contributed by atoms with Crippen LogP contribution in [-0.4, -0.2) is 41.8 Å². The Morgan fingerprint density at radius 2 is 1.60 bits per heavy atom. The van der Waals surface area contributed by atoms with E-state index in [0.717, 1.165) is 24.0 Å². The number of benzene rings is 2. The predicted molar refractivity (Wildman–Crippen MR) is 131 cm³/mol. The Morgan fingerprint density at radius 1 is 0.943 bits per heavy atom. The molecule has 0 aromatic heterocycles. The number of carbonyl (C=O) groups excluding carboxylic acids is 2. The molecule has 7 nitrogen and oxygen atoms in total. The van der Waals surface area contributed by atoms with Crippen molar-refractivity contribution in [3.8, 4) is 11.1 Å².